The molecule has 3 aromatic carbocycles. The molecule has 1 atom stereocenters. The largest absolute Gasteiger partial charge is 0.496 e. The molecular formula is C26H24ClFN2O5. The summed E-state index contributed by atoms with van der Waals surface area (Å²) in [4.78, 5) is 16.8. The summed E-state index contributed by atoms with van der Waals surface area (Å²) in [7, 11) is 3.00. The molecule has 0 saturated heterocycles. The van der Waals surface area contributed by atoms with E-state index in [1.54, 1.807) is 48.7 Å². The number of aliphatic hydroxyl groups excluding tert-OH is 1. The average Bonchev–Trinajstić information content (AvgIpc) is 3.29. The van der Waals surface area contributed by atoms with Crippen LogP contribution in [0.1, 0.15) is 22.0 Å². The highest BCUT2D eigenvalue weighted by Crippen LogP contribution is 2.36. The van der Waals surface area contributed by atoms with Crippen LogP contribution in [0.4, 0.5) is 10.1 Å². The van der Waals surface area contributed by atoms with Gasteiger partial charge in [-0.2, -0.15) is 0 Å². The minimum Gasteiger partial charge on any atom is -0.496 e. The molecular weight excluding hydrogens is 475 g/mol. The molecule has 1 heterocycles. The summed E-state index contributed by atoms with van der Waals surface area (Å²) in [5.41, 5.74) is 2.06. The van der Waals surface area contributed by atoms with Crippen LogP contribution in [0.5, 0.6) is 17.2 Å². The van der Waals surface area contributed by atoms with Crippen LogP contribution in [0.2, 0.25) is 5.02 Å². The smallest absolute Gasteiger partial charge is 0.191 e. The Morgan fingerprint density at radius 1 is 1.06 bits per heavy atom. The number of Topliss-reactive ketones (excluding diaryl/α,β-unsaturated/α-hetero) is 1. The van der Waals surface area contributed by atoms with Gasteiger partial charge in [0.25, 0.3) is 0 Å². The molecule has 35 heavy (non-hydrogen) atoms. The van der Waals surface area contributed by atoms with Crippen molar-refractivity contribution in [3.8, 4) is 17.2 Å². The van der Waals surface area contributed by atoms with Gasteiger partial charge in [0.05, 0.1) is 20.8 Å². The van der Waals surface area contributed by atoms with Gasteiger partial charge in [-0.3, -0.25) is 4.79 Å². The number of carbonyl (C=O) groups excluding carboxylic acids is 1. The Labute approximate surface area is 206 Å². The SMILES string of the molecule is COc1cc(NC(C(=O)c2c[nH]c3cc(F)ccc23)c2ccc(Cl)cc2OC)ccc1OCCO. The predicted octanol–water partition coefficient (Wildman–Crippen LogP) is 5.38. The Morgan fingerprint density at radius 3 is 2.60 bits per heavy atom. The quantitative estimate of drug-likeness (QED) is 0.254. The number of carbonyl (C=O) groups is 1. The molecule has 0 amide bonds. The molecule has 0 spiro atoms. The number of ketones is 1. The van der Waals surface area contributed by atoms with Crippen LogP contribution in [-0.4, -0.2) is 43.3 Å². The predicted molar refractivity (Wildman–Crippen MR) is 133 cm³/mol. The Balaban J connectivity index is 1.77. The van der Waals surface area contributed by atoms with Gasteiger partial charge >= 0.3 is 0 Å². The number of fused-ring (bicyclic) bond motifs is 1. The lowest BCUT2D eigenvalue weighted by molar-refractivity contribution is 0.0970. The highest BCUT2D eigenvalue weighted by Gasteiger charge is 2.28. The zero-order valence-electron chi connectivity index (χ0n) is 19.1. The van der Waals surface area contributed by atoms with E-state index < -0.39 is 11.9 Å². The first kappa shape index (κ1) is 24.4. The number of methoxy groups -OCH3 is 2. The van der Waals surface area contributed by atoms with Gasteiger partial charge in [-0.1, -0.05) is 17.7 Å². The van der Waals surface area contributed by atoms with Crippen molar-refractivity contribution in [2.24, 2.45) is 0 Å². The van der Waals surface area contributed by atoms with E-state index in [4.69, 9.17) is 30.9 Å². The number of ether oxygens (including phenoxy) is 3. The second kappa shape index (κ2) is 10.7. The summed E-state index contributed by atoms with van der Waals surface area (Å²) in [5, 5.41) is 13.4. The van der Waals surface area contributed by atoms with E-state index in [0.29, 0.717) is 50.0 Å². The van der Waals surface area contributed by atoms with Gasteiger partial charge in [0, 0.05) is 45.0 Å². The van der Waals surface area contributed by atoms with Crippen molar-refractivity contribution in [3.05, 3.63) is 82.8 Å². The number of aromatic amines is 1. The van der Waals surface area contributed by atoms with E-state index in [1.165, 1.54) is 26.4 Å². The van der Waals surface area contributed by atoms with Crippen molar-refractivity contribution < 1.29 is 28.5 Å². The maximum absolute atomic E-state index is 13.9. The minimum absolute atomic E-state index is 0.118. The van der Waals surface area contributed by atoms with Crippen LogP contribution < -0.4 is 19.5 Å². The maximum Gasteiger partial charge on any atom is 0.191 e. The number of aliphatic hydroxyl groups is 1. The molecule has 0 aliphatic heterocycles. The molecule has 1 aromatic heterocycles. The lowest BCUT2D eigenvalue weighted by atomic mass is 9.95. The van der Waals surface area contributed by atoms with Crippen molar-refractivity contribution in [3.63, 3.8) is 0 Å². The van der Waals surface area contributed by atoms with E-state index in [1.807, 2.05) is 0 Å². The van der Waals surface area contributed by atoms with Gasteiger partial charge in [-0.15, -0.1) is 0 Å². The van der Waals surface area contributed by atoms with Gasteiger partial charge in [0.1, 0.15) is 24.2 Å². The molecule has 4 rings (SSSR count). The lowest BCUT2D eigenvalue weighted by Crippen LogP contribution is -2.22. The van der Waals surface area contributed by atoms with Gasteiger partial charge in [-0.25, -0.2) is 4.39 Å². The number of hydrogen-bond acceptors (Lipinski definition) is 6. The Kier molecular flexibility index (Phi) is 7.43. The fourth-order valence-electron chi connectivity index (χ4n) is 3.86. The van der Waals surface area contributed by atoms with Crippen LogP contribution in [-0.2, 0) is 0 Å². The van der Waals surface area contributed by atoms with Crippen molar-refractivity contribution in [2.45, 2.75) is 6.04 Å². The third-order valence-electron chi connectivity index (χ3n) is 5.50. The van der Waals surface area contributed by atoms with Gasteiger partial charge in [-0.05, 0) is 42.5 Å². The van der Waals surface area contributed by atoms with Crippen LogP contribution in [0.15, 0.2) is 60.8 Å². The van der Waals surface area contributed by atoms with E-state index in [0.717, 1.165) is 0 Å². The van der Waals surface area contributed by atoms with Gasteiger partial charge in [0.2, 0.25) is 0 Å². The third kappa shape index (κ3) is 5.18. The summed E-state index contributed by atoms with van der Waals surface area (Å²) in [6.45, 7) is -0.0159. The zero-order chi connectivity index (χ0) is 24.9. The number of anilines is 1. The molecule has 4 aromatic rings. The molecule has 182 valence electrons. The summed E-state index contributed by atoms with van der Waals surface area (Å²) >= 11 is 6.16. The summed E-state index contributed by atoms with van der Waals surface area (Å²) in [6, 6.07) is 13.5. The van der Waals surface area contributed by atoms with E-state index >= 15 is 0 Å². The van der Waals surface area contributed by atoms with Crippen molar-refractivity contribution in [1.29, 1.82) is 0 Å². The number of nitrogens with one attached hydrogen (secondary N) is 2. The minimum atomic E-state index is -0.875. The molecule has 0 bridgehead atoms. The van der Waals surface area contributed by atoms with Crippen LogP contribution in [0, 0.1) is 5.82 Å². The maximum atomic E-state index is 13.9. The molecule has 0 saturated carbocycles. The van der Waals surface area contributed by atoms with E-state index in [2.05, 4.69) is 10.3 Å². The monoisotopic (exact) mass is 498 g/mol. The summed E-state index contributed by atoms with van der Waals surface area (Å²) < 4.78 is 30.1. The fraction of sp³-hybridized carbons (Fsp3) is 0.192. The Hall–Kier alpha value is -3.75. The highest BCUT2D eigenvalue weighted by molar-refractivity contribution is 6.30. The van der Waals surface area contributed by atoms with Gasteiger partial charge in [0.15, 0.2) is 17.3 Å². The molecule has 0 aliphatic rings. The highest BCUT2D eigenvalue weighted by atomic mass is 35.5. The third-order valence-corrected chi connectivity index (χ3v) is 5.74. The first-order chi connectivity index (χ1) is 16.9. The molecule has 0 fully saturated rings. The standard InChI is InChI=1S/C26H24ClFN2O5/c1-33-23-11-15(27)3-6-19(23)25(26(32)20-14-29-21-12-16(28)4-7-18(20)21)30-17-5-8-22(35-10-9-31)24(13-17)34-2/h3-8,11-14,25,29-31H,9-10H2,1-2H3. The molecule has 0 aliphatic carbocycles. The van der Waals surface area contributed by atoms with E-state index in [9.17, 15) is 9.18 Å². The number of rotatable bonds is 10. The summed E-state index contributed by atoms with van der Waals surface area (Å²) in [6.07, 6.45) is 1.57. The lowest BCUT2D eigenvalue weighted by Gasteiger charge is -2.22. The van der Waals surface area contributed by atoms with Crippen LogP contribution >= 0.6 is 11.6 Å². The topological polar surface area (TPSA) is 92.8 Å². The normalized spacial score (nSPS) is 11.8. The number of H-pyrrole nitrogens is 1. The van der Waals surface area contributed by atoms with E-state index in [-0.39, 0.29) is 19.0 Å². The van der Waals surface area contributed by atoms with Crippen molar-refractivity contribution in [2.75, 3.05) is 32.8 Å². The average molecular weight is 499 g/mol. The van der Waals surface area contributed by atoms with Crippen molar-refractivity contribution in [1.82, 2.24) is 4.98 Å². The van der Waals surface area contributed by atoms with Crippen LogP contribution in [0.3, 0.4) is 0 Å². The zero-order valence-corrected chi connectivity index (χ0v) is 19.9. The second-order valence-corrected chi connectivity index (χ2v) is 8.09. The second-order valence-electron chi connectivity index (χ2n) is 7.66. The van der Waals surface area contributed by atoms with Crippen molar-refractivity contribution >= 4 is 34.0 Å². The number of benzene rings is 3. The molecule has 9 heteroatoms. The summed E-state index contributed by atoms with van der Waals surface area (Å²) in [5.74, 6) is 0.660. The number of hydrogen-bond donors (Lipinski definition) is 3. The first-order valence-electron chi connectivity index (χ1n) is 10.8. The first-order valence-corrected chi connectivity index (χ1v) is 11.2. The molecule has 1 unspecified atom stereocenters. The molecule has 7 nitrogen and oxygen atoms in total. The van der Waals surface area contributed by atoms with Gasteiger partial charge < -0.3 is 29.6 Å². The number of aromatic nitrogens is 1. The Bertz CT molecular complexity index is 1360. The molecule has 0 radical (unpaired) electrons. The Morgan fingerprint density at radius 2 is 1.86 bits per heavy atom. The fourth-order valence-corrected chi connectivity index (χ4v) is 4.03. The van der Waals surface area contributed by atoms with Crippen LogP contribution in [0.25, 0.3) is 10.9 Å². The number of halogens is 2. The molecule has 3 N–H and O–H groups in total.